The lowest BCUT2D eigenvalue weighted by Crippen LogP contribution is -2.43. The van der Waals surface area contributed by atoms with Gasteiger partial charge in [-0.25, -0.2) is 25.0 Å². The first kappa shape index (κ1) is 21.5. The van der Waals surface area contributed by atoms with E-state index in [2.05, 4.69) is 9.97 Å². The first-order valence-electron chi connectivity index (χ1n) is 10.4. The fraction of sp³-hybridized carbons (Fsp3) is 0.524. The van der Waals surface area contributed by atoms with Gasteiger partial charge < -0.3 is 4.90 Å². The van der Waals surface area contributed by atoms with Crippen molar-refractivity contribution in [3.05, 3.63) is 41.9 Å². The third-order valence-electron chi connectivity index (χ3n) is 5.97. The van der Waals surface area contributed by atoms with E-state index < -0.39 is 11.7 Å². The van der Waals surface area contributed by atoms with Crippen molar-refractivity contribution in [1.29, 1.82) is 0 Å². The van der Waals surface area contributed by atoms with Gasteiger partial charge in [-0.3, -0.25) is 4.79 Å². The van der Waals surface area contributed by atoms with Crippen molar-refractivity contribution >= 4 is 17.7 Å². The lowest BCUT2D eigenvalue weighted by molar-refractivity contribution is -0.137. The molecule has 7 nitrogen and oxygen atoms in total. The molecule has 0 aliphatic carbocycles. The molecule has 10 heteroatoms. The Morgan fingerprint density at radius 2 is 1.94 bits per heavy atom. The van der Waals surface area contributed by atoms with E-state index in [4.69, 9.17) is 4.98 Å². The largest absolute Gasteiger partial charge is 0.416 e. The summed E-state index contributed by atoms with van der Waals surface area (Å²) in [5.41, 5.74) is 0.0102. The van der Waals surface area contributed by atoms with E-state index in [-0.39, 0.29) is 23.7 Å². The number of hydrazine groups is 1. The number of rotatable bonds is 4. The molecule has 2 aromatic heterocycles. The van der Waals surface area contributed by atoms with Crippen molar-refractivity contribution in [3.63, 3.8) is 0 Å². The summed E-state index contributed by atoms with van der Waals surface area (Å²) in [6.45, 7) is 5.49. The van der Waals surface area contributed by atoms with Crippen molar-refractivity contribution in [2.75, 3.05) is 24.6 Å². The Balaban J connectivity index is 1.71. The molecule has 2 fully saturated rings. The number of nitrogens with zero attached hydrogens (tertiary/aromatic N) is 6. The topological polar surface area (TPSA) is 65.5 Å². The minimum Gasteiger partial charge on any atom is -0.342 e. The van der Waals surface area contributed by atoms with Crippen LogP contribution in [-0.4, -0.2) is 56.4 Å². The van der Waals surface area contributed by atoms with E-state index in [9.17, 15) is 18.0 Å². The van der Waals surface area contributed by atoms with Crippen LogP contribution in [-0.2, 0) is 11.0 Å². The average molecular weight is 434 g/mol. The first-order valence-corrected chi connectivity index (χ1v) is 10.4. The van der Waals surface area contributed by atoms with Gasteiger partial charge in [0.1, 0.15) is 0 Å². The standard InChI is InChI=1S/C21H25F3N6O/c1-14-4-3-10-29(14)30(19-12-17(5-8-25-19)21(22,23)24)20-26-9-6-18(27-20)16-7-11-28(13-16)15(2)31/h5-6,8-9,12,14,16H,3-4,7,10-11,13H2,1-2H3. The molecule has 2 aliphatic rings. The normalized spacial score (nSPS) is 22.2. The van der Waals surface area contributed by atoms with Gasteiger partial charge in [0, 0.05) is 50.9 Å². The molecule has 31 heavy (non-hydrogen) atoms. The molecule has 0 aromatic carbocycles. The lowest BCUT2D eigenvalue weighted by Gasteiger charge is -2.34. The maximum atomic E-state index is 13.3. The Labute approximate surface area is 178 Å². The van der Waals surface area contributed by atoms with Crippen LogP contribution in [0.5, 0.6) is 0 Å². The molecule has 0 bridgehead atoms. The smallest absolute Gasteiger partial charge is 0.342 e. The summed E-state index contributed by atoms with van der Waals surface area (Å²) in [6, 6.07) is 3.92. The number of amides is 1. The highest BCUT2D eigenvalue weighted by Gasteiger charge is 2.35. The fourth-order valence-electron chi connectivity index (χ4n) is 4.25. The number of halogens is 3. The molecule has 0 spiro atoms. The van der Waals surface area contributed by atoms with E-state index in [0.29, 0.717) is 25.6 Å². The Hall–Kier alpha value is -2.75. The summed E-state index contributed by atoms with van der Waals surface area (Å²) in [7, 11) is 0. The van der Waals surface area contributed by atoms with Crippen LogP contribution in [0.15, 0.2) is 30.6 Å². The first-order chi connectivity index (χ1) is 14.7. The van der Waals surface area contributed by atoms with Crippen molar-refractivity contribution < 1.29 is 18.0 Å². The van der Waals surface area contributed by atoms with E-state index in [1.54, 1.807) is 23.0 Å². The number of anilines is 2. The van der Waals surface area contributed by atoms with Gasteiger partial charge >= 0.3 is 6.18 Å². The predicted molar refractivity (Wildman–Crippen MR) is 108 cm³/mol. The summed E-state index contributed by atoms with van der Waals surface area (Å²) in [6.07, 6.45) is 0.950. The lowest BCUT2D eigenvalue weighted by atomic mass is 10.1. The number of aromatic nitrogens is 3. The summed E-state index contributed by atoms with van der Waals surface area (Å²) in [4.78, 5) is 26.8. The number of carbonyl (C=O) groups excluding carboxylic acids is 1. The zero-order valence-corrected chi connectivity index (χ0v) is 17.5. The van der Waals surface area contributed by atoms with Crippen LogP contribution in [0.2, 0.25) is 0 Å². The minimum absolute atomic E-state index is 0.0254. The number of carbonyl (C=O) groups is 1. The van der Waals surface area contributed by atoms with Crippen molar-refractivity contribution in [3.8, 4) is 0 Å². The maximum absolute atomic E-state index is 13.3. The Morgan fingerprint density at radius 3 is 2.58 bits per heavy atom. The molecule has 2 saturated heterocycles. The van der Waals surface area contributed by atoms with E-state index in [0.717, 1.165) is 43.3 Å². The Bertz CT molecular complexity index is 953. The molecular weight excluding hydrogens is 409 g/mol. The van der Waals surface area contributed by atoms with Gasteiger partial charge in [0.2, 0.25) is 11.9 Å². The summed E-state index contributed by atoms with van der Waals surface area (Å²) in [5, 5.41) is 3.58. The van der Waals surface area contributed by atoms with Gasteiger partial charge in [-0.2, -0.15) is 13.2 Å². The van der Waals surface area contributed by atoms with Crippen LogP contribution >= 0.6 is 0 Å². The van der Waals surface area contributed by atoms with Crippen LogP contribution in [0.3, 0.4) is 0 Å². The van der Waals surface area contributed by atoms with Gasteiger partial charge in [-0.05, 0) is 44.4 Å². The number of likely N-dealkylation sites (tertiary alicyclic amines) is 1. The van der Waals surface area contributed by atoms with E-state index in [1.807, 2.05) is 18.0 Å². The molecule has 166 valence electrons. The minimum atomic E-state index is -4.47. The fourth-order valence-corrected chi connectivity index (χ4v) is 4.25. The van der Waals surface area contributed by atoms with Gasteiger partial charge in [0.15, 0.2) is 5.82 Å². The van der Waals surface area contributed by atoms with Crippen LogP contribution < -0.4 is 5.01 Å². The predicted octanol–water partition coefficient (Wildman–Crippen LogP) is 3.76. The van der Waals surface area contributed by atoms with Crippen LogP contribution in [0.25, 0.3) is 0 Å². The zero-order valence-electron chi connectivity index (χ0n) is 17.5. The van der Waals surface area contributed by atoms with Crippen LogP contribution in [0.4, 0.5) is 24.9 Å². The van der Waals surface area contributed by atoms with Gasteiger partial charge in [0.05, 0.1) is 11.3 Å². The highest BCUT2D eigenvalue weighted by Crippen LogP contribution is 2.35. The van der Waals surface area contributed by atoms with Crippen LogP contribution in [0.1, 0.15) is 50.3 Å². The second-order valence-corrected chi connectivity index (χ2v) is 8.10. The van der Waals surface area contributed by atoms with Gasteiger partial charge in [-0.15, -0.1) is 0 Å². The molecule has 2 aliphatic heterocycles. The second-order valence-electron chi connectivity index (χ2n) is 8.10. The number of alkyl halides is 3. The number of hydrogen-bond donors (Lipinski definition) is 0. The summed E-state index contributed by atoms with van der Waals surface area (Å²) >= 11 is 0. The van der Waals surface area contributed by atoms with Crippen molar-refractivity contribution in [2.45, 2.75) is 51.2 Å². The summed E-state index contributed by atoms with van der Waals surface area (Å²) in [5.74, 6) is 0.521. The molecule has 1 amide bonds. The molecular formula is C21H25F3N6O. The van der Waals surface area contributed by atoms with E-state index in [1.165, 1.54) is 0 Å². The Morgan fingerprint density at radius 1 is 1.16 bits per heavy atom. The highest BCUT2D eigenvalue weighted by atomic mass is 19.4. The van der Waals surface area contributed by atoms with Gasteiger partial charge in [0.25, 0.3) is 0 Å². The van der Waals surface area contributed by atoms with Gasteiger partial charge in [-0.1, -0.05) is 0 Å². The SMILES string of the molecule is CC(=O)N1CCC(c2ccnc(N(c3cc(C(F)(F)F)ccn3)N3CCCC3C)n2)C1. The Kier molecular flexibility index (Phi) is 5.83. The molecule has 2 aromatic rings. The molecule has 2 unspecified atom stereocenters. The maximum Gasteiger partial charge on any atom is 0.416 e. The number of pyridine rings is 1. The zero-order chi connectivity index (χ0) is 22.2. The van der Waals surface area contributed by atoms with E-state index >= 15 is 0 Å². The highest BCUT2D eigenvalue weighted by molar-refractivity contribution is 5.73. The second kappa shape index (κ2) is 8.41. The molecule has 4 rings (SSSR count). The van der Waals surface area contributed by atoms with Crippen molar-refractivity contribution in [2.24, 2.45) is 0 Å². The molecule has 2 atom stereocenters. The number of hydrogen-bond acceptors (Lipinski definition) is 6. The molecule has 0 radical (unpaired) electrons. The quantitative estimate of drug-likeness (QED) is 0.730. The molecule has 4 heterocycles. The monoisotopic (exact) mass is 434 g/mol. The third kappa shape index (κ3) is 4.48. The molecule has 0 N–H and O–H groups in total. The molecule has 0 saturated carbocycles. The average Bonchev–Trinajstić information content (AvgIpc) is 3.38. The third-order valence-corrected chi connectivity index (χ3v) is 5.97. The van der Waals surface area contributed by atoms with Crippen LogP contribution in [0, 0.1) is 0 Å². The summed E-state index contributed by atoms with van der Waals surface area (Å²) < 4.78 is 40.0. The van der Waals surface area contributed by atoms with Crippen molar-refractivity contribution in [1.82, 2.24) is 24.9 Å².